The Labute approximate surface area is 127 Å². The van der Waals surface area contributed by atoms with Crippen LogP contribution in [0.2, 0.25) is 0 Å². The Hall–Kier alpha value is -3.08. The van der Waals surface area contributed by atoms with Crippen molar-refractivity contribution in [3.8, 4) is 11.3 Å². The maximum Gasteiger partial charge on any atom is 0.145 e. The molecule has 5 nitrogen and oxygen atoms in total. The highest BCUT2D eigenvalue weighted by atomic mass is 15.2. The third-order valence-electron chi connectivity index (χ3n) is 3.73. The molecule has 0 amide bonds. The molecule has 3 N–H and O–H groups in total. The number of fused-ring (bicyclic) bond motifs is 1. The van der Waals surface area contributed by atoms with E-state index >= 15 is 0 Å². The van der Waals surface area contributed by atoms with E-state index in [1.54, 1.807) is 0 Å². The van der Waals surface area contributed by atoms with Crippen LogP contribution in [0.15, 0.2) is 60.9 Å². The molecule has 2 aromatic carbocycles. The number of hydrogen-bond acceptors (Lipinski definition) is 3. The molecule has 108 valence electrons. The summed E-state index contributed by atoms with van der Waals surface area (Å²) < 4.78 is 2.15. The first-order valence-electron chi connectivity index (χ1n) is 7.10. The van der Waals surface area contributed by atoms with Gasteiger partial charge >= 0.3 is 0 Å². The van der Waals surface area contributed by atoms with Crippen LogP contribution in [0, 0.1) is 0 Å². The number of nitrogens with two attached hydrogens (primary N) is 1. The lowest BCUT2D eigenvalue weighted by atomic mass is 10.1. The molecule has 0 aliphatic heterocycles. The fourth-order valence-electron chi connectivity index (χ4n) is 2.62. The van der Waals surface area contributed by atoms with Crippen LogP contribution in [0.25, 0.3) is 22.3 Å². The van der Waals surface area contributed by atoms with Crippen LogP contribution in [0.1, 0.15) is 5.56 Å². The van der Waals surface area contributed by atoms with Crippen LogP contribution in [0.3, 0.4) is 0 Å². The van der Waals surface area contributed by atoms with Crippen LogP contribution in [0.5, 0.6) is 0 Å². The van der Waals surface area contributed by atoms with E-state index in [2.05, 4.69) is 37.9 Å². The number of rotatable bonds is 3. The van der Waals surface area contributed by atoms with Gasteiger partial charge in [0.15, 0.2) is 0 Å². The molecule has 0 radical (unpaired) electrons. The van der Waals surface area contributed by atoms with Gasteiger partial charge in [0, 0.05) is 18.2 Å². The van der Waals surface area contributed by atoms with Crippen molar-refractivity contribution in [2.24, 2.45) is 0 Å². The molecule has 22 heavy (non-hydrogen) atoms. The summed E-state index contributed by atoms with van der Waals surface area (Å²) in [6.45, 7) is 0.798. The molecule has 2 heterocycles. The predicted molar refractivity (Wildman–Crippen MR) is 87.3 cm³/mol. The number of H-pyrrole nitrogens is 1. The van der Waals surface area contributed by atoms with E-state index in [-0.39, 0.29) is 0 Å². The number of nitrogens with zero attached hydrogens (tertiary/aromatic N) is 3. The van der Waals surface area contributed by atoms with Gasteiger partial charge in [0.25, 0.3) is 0 Å². The molecule has 4 aromatic rings. The van der Waals surface area contributed by atoms with Gasteiger partial charge in [-0.05, 0) is 17.7 Å². The van der Waals surface area contributed by atoms with Crippen molar-refractivity contribution >= 4 is 16.9 Å². The highest BCUT2D eigenvalue weighted by Crippen LogP contribution is 2.24. The number of benzene rings is 2. The number of anilines is 1. The Morgan fingerprint density at radius 3 is 2.68 bits per heavy atom. The van der Waals surface area contributed by atoms with Gasteiger partial charge < -0.3 is 10.3 Å². The summed E-state index contributed by atoms with van der Waals surface area (Å²) in [7, 11) is 0. The number of hydrogen-bond donors (Lipinski definition) is 2. The molecule has 2 aromatic heterocycles. The molecule has 0 saturated heterocycles. The van der Waals surface area contributed by atoms with Gasteiger partial charge in [-0.3, -0.25) is 5.10 Å². The van der Waals surface area contributed by atoms with E-state index < -0.39 is 0 Å². The third-order valence-corrected chi connectivity index (χ3v) is 3.73. The zero-order valence-corrected chi connectivity index (χ0v) is 11.9. The first-order valence-corrected chi connectivity index (χ1v) is 7.10. The summed E-state index contributed by atoms with van der Waals surface area (Å²) in [6.07, 6.45) is 1.88. The summed E-state index contributed by atoms with van der Waals surface area (Å²) in [5, 5.41) is 6.92. The largest absolute Gasteiger partial charge is 0.382 e. The predicted octanol–water partition coefficient (Wildman–Crippen LogP) is 3.06. The van der Waals surface area contributed by atoms with Crippen LogP contribution < -0.4 is 5.73 Å². The Morgan fingerprint density at radius 1 is 1.05 bits per heavy atom. The third kappa shape index (κ3) is 2.22. The van der Waals surface area contributed by atoms with Crippen LogP contribution in [0.4, 0.5) is 5.82 Å². The van der Waals surface area contributed by atoms with Crippen LogP contribution in [-0.4, -0.2) is 19.7 Å². The van der Waals surface area contributed by atoms with Crippen molar-refractivity contribution in [2.75, 3.05) is 5.73 Å². The van der Waals surface area contributed by atoms with E-state index in [4.69, 9.17) is 5.73 Å². The molecule has 0 unspecified atom stereocenters. The molecule has 0 bridgehead atoms. The van der Waals surface area contributed by atoms with Crippen molar-refractivity contribution in [2.45, 2.75) is 6.54 Å². The van der Waals surface area contributed by atoms with E-state index in [1.807, 2.05) is 42.7 Å². The fraction of sp³-hybridized carbons (Fsp3) is 0.0588. The molecule has 0 saturated carbocycles. The lowest BCUT2D eigenvalue weighted by molar-refractivity contribution is 0.824. The normalized spacial score (nSPS) is 11.1. The monoisotopic (exact) mass is 289 g/mol. The van der Waals surface area contributed by atoms with Gasteiger partial charge in [-0.2, -0.15) is 5.10 Å². The Morgan fingerprint density at radius 2 is 1.91 bits per heavy atom. The second kappa shape index (κ2) is 5.04. The molecular formula is C17H15N5. The summed E-state index contributed by atoms with van der Waals surface area (Å²) in [5.41, 5.74) is 11.0. The van der Waals surface area contributed by atoms with Crippen LogP contribution in [-0.2, 0) is 6.54 Å². The van der Waals surface area contributed by atoms with Crippen molar-refractivity contribution in [3.63, 3.8) is 0 Å². The molecule has 0 fully saturated rings. The minimum atomic E-state index is 0.493. The molecule has 5 heteroatoms. The second-order valence-electron chi connectivity index (χ2n) is 5.27. The SMILES string of the molecule is Nc1cc(-c2ccc3ncn(Cc4ccccc4)c3c2)[nH]n1. The maximum absolute atomic E-state index is 5.68. The second-order valence-corrected chi connectivity index (χ2v) is 5.27. The van der Waals surface area contributed by atoms with Gasteiger partial charge in [-0.1, -0.05) is 36.4 Å². The van der Waals surface area contributed by atoms with Gasteiger partial charge in [0.1, 0.15) is 5.82 Å². The van der Waals surface area contributed by atoms with Gasteiger partial charge in [0.05, 0.1) is 23.1 Å². The van der Waals surface area contributed by atoms with E-state index in [0.717, 1.165) is 28.8 Å². The minimum absolute atomic E-state index is 0.493. The summed E-state index contributed by atoms with van der Waals surface area (Å²) >= 11 is 0. The number of aromatic amines is 1. The van der Waals surface area contributed by atoms with Gasteiger partial charge in [-0.15, -0.1) is 0 Å². The zero-order chi connectivity index (χ0) is 14.9. The van der Waals surface area contributed by atoms with Crippen molar-refractivity contribution in [1.29, 1.82) is 0 Å². The van der Waals surface area contributed by atoms with Crippen molar-refractivity contribution in [1.82, 2.24) is 19.7 Å². The summed E-state index contributed by atoms with van der Waals surface area (Å²) in [4.78, 5) is 4.47. The number of nitrogens with one attached hydrogen (secondary N) is 1. The number of imidazole rings is 1. The Balaban J connectivity index is 1.76. The topological polar surface area (TPSA) is 72.5 Å². The molecule has 0 atom stereocenters. The average molecular weight is 289 g/mol. The standard InChI is InChI=1S/C17H15N5/c18-17-9-15(20-21-17)13-6-7-14-16(8-13)22(11-19-14)10-12-4-2-1-3-5-12/h1-9,11H,10H2,(H3,18,20,21). The Kier molecular flexibility index (Phi) is 2.89. The molecule has 0 aliphatic rings. The molecular weight excluding hydrogens is 274 g/mol. The minimum Gasteiger partial charge on any atom is -0.382 e. The van der Waals surface area contributed by atoms with E-state index in [0.29, 0.717) is 5.82 Å². The summed E-state index contributed by atoms with van der Waals surface area (Å²) in [5.74, 6) is 0.493. The number of nitrogen functional groups attached to an aromatic ring is 1. The first kappa shape index (κ1) is 12.6. The summed E-state index contributed by atoms with van der Waals surface area (Å²) in [6, 6.07) is 18.3. The van der Waals surface area contributed by atoms with Gasteiger partial charge in [-0.25, -0.2) is 4.98 Å². The van der Waals surface area contributed by atoms with E-state index in [1.165, 1.54) is 5.56 Å². The molecule has 4 rings (SSSR count). The smallest absolute Gasteiger partial charge is 0.145 e. The van der Waals surface area contributed by atoms with E-state index in [9.17, 15) is 0 Å². The van der Waals surface area contributed by atoms with Crippen molar-refractivity contribution in [3.05, 3.63) is 66.5 Å². The average Bonchev–Trinajstić information content (AvgIpc) is 3.15. The van der Waals surface area contributed by atoms with Crippen LogP contribution >= 0.6 is 0 Å². The zero-order valence-electron chi connectivity index (χ0n) is 11.9. The van der Waals surface area contributed by atoms with Gasteiger partial charge in [0.2, 0.25) is 0 Å². The highest BCUT2D eigenvalue weighted by Gasteiger charge is 2.07. The quantitative estimate of drug-likeness (QED) is 0.609. The molecule has 0 aliphatic carbocycles. The number of aromatic nitrogens is 4. The lowest BCUT2D eigenvalue weighted by Gasteiger charge is -2.05. The fourth-order valence-corrected chi connectivity index (χ4v) is 2.62. The lowest BCUT2D eigenvalue weighted by Crippen LogP contribution is -1.97. The Bertz CT molecular complexity index is 921. The molecule has 0 spiro atoms. The maximum atomic E-state index is 5.68. The highest BCUT2D eigenvalue weighted by molar-refractivity contribution is 5.81. The first-order chi connectivity index (χ1) is 10.8. The van der Waals surface area contributed by atoms with Crippen molar-refractivity contribution < 1.29 is 0 Å².